The molecular weight excluding hydrogens is 434 g/mol. The second-order valence-electron chi connectivity index (χ2n) is 6.49. The zero-order chi connectivity index (χ0) is 19.8. The van der Waals surface area contributed by atoms with Crippen molar-refractivity contribution in [3.8, 4) is 22.6 Å². The van der Waals surface area contributed by atoms with Crippen LogP contribution in [0.2, 0.25) is 0 Å². The summed E-state index contributed by atoms with van der Waals surface area (Å²) < 4.78 is 17.2. The molecule has 0 fully saturated rings. The summed E-state index contributed by atoms with van der Waals surface area (Å²) in [5.74, 6) is 1.38. The molecule has 0 spiro atoms. The first-order valence-electron chi connectivity index (χ1n) is 8.94. The fourth-order valence-corrected chi connectivity index (χ4v) is 3.63. The second kappa shape index (κ2) is 7.22. The molecule has 0 aliphatic carbocycles. The predicted octanol–water partition coefficient (Wildman–Crippen LogP) is 5.70. The largest absolute Gasteiger partial charge is 0.454 e. The fraction of sp³-hybridized carbons (Fsp3) is 0.0435. The van der Waals surface area contributed by atoms with Crippen molar-refractivity contribution in [1.29, 1.82) is 0 Å². The standard InChI is InChI=1S/C23H14BrNO4/c24-19-9-10-21-22(28-13-27-21)18(19)12-25-16-7-5-14(6-8-16)17-11-15-3-1-2-4-20(15)29-23(17)26/h1-12H,13H2. The van der Waals surface area contributed by atoms with Crippen LogP contribution in [-0.2, 0) is 0 Å². The first-order valence-corrected chi connectivity index (χ1v) is 9.74. The van der Waals surface area contributed by atoms with Crippen molar-refractivity contribution >= 4 is 38.8 Å². The quantitative estimate of drug-likeness (QED) is 0.298. The number of hydrogen-bond acceptors (Lipinski definition) is 5. The summed E-state index contributed by atoms with van der Waals surface area (Å²) in [6.07, 6.45) is 1.73. The summed E-state index contributed by atoms with van der Waals surface area (Å²) in [6.45, 7) is 0.204. The van der Waals surface area contributed by atoms with Crippen molar-refractivity contribution in [2.24, 2.45) is 4.99 Å². The van der Waals surface area contributed by atoms with Gasteiger partial charge in [0.2, 0.25) is 6.79 Å². The number of hydrogen-bond donors (Lipinski definition) is 0. The van der Waals surface area contributed by atoms with Crippen LogP contribution in [-0.4, -0.2) is 13.0 Å². The third-order valence-corrected chi connectivity index (χ3v) is 5.38. The lowest BCUT2D eigenvalue weighted by Crippen LogP contribution is -2.02. The number of halogens is 1. The number of rotatable bonds is 3. The molecule has 0 radical (unpaired) electrons. The Labute approximate surface area is 174 Å². The number of nitrogens with zero attached hydrogens (tertiary/aromatic N) is 1. The molecule has 4 aromatic rings. The lowest BCUT2D eigenvalue weighted by molar-refractivity contribution is 0.174. The van der Waals surface area contributed by atoms with Crippen molar-refractivity contribution in [3.05, 3.63) is 87.2 Å². The Bertz CT molecular complexity index is 1310. The minimum absolute atomic E-state index is 0.204. The van der Waals surface area contributed by atoms with Gasteiger partial charge in [0.15, 0.2) is 11.5 Å². The number of fused-ring (bicyclic) bond motifs is 2. The summed E-state index contributed by atoms with van der Waals surface area (Å²) in [6, 6.07) is 20.5. The first kappa shape index (κ1) is 17.7. The average Bonchev–Trinajstić information content (AvgIpc) is 3.22. The zero-order valence-electron chi connectivity index (χ0n) is 15.1. The van der Waals surface area contributed by atoms with E-state index in [2.05, 4.69) is 20.9 Å². The molecule has 0 unspecified atom stereocenters. The maximum atomic E-state index is 12.3. The monoisotopic (exact) mass is 447 g/mol. The first-order chi connectivity index (χ1) is 14.2. The van der Waals surface area contributed by atoms with Crippen LogP contribution in [0.4, 0.5) is 5.69 Å². The van der Waals surface area contributed by atoms with Gasteiger partial charge >= 0.3 is 5.63 Å². The van der Waals surface area contributed by atoms with Gasteiger partial charge in [0, 0.05) is 16.1 Å². The van der Waals surface area contributed by atoms with Crippen molar-refractivity contribution < 1.29 is 13.9 Å². The van der Waals surface area contributed by atoms with Gasteiger partial charge in [-0.15, -0.1) is 0 Å². The summed E-state index contributed by atoms with van der Waals surface area (Å²) in [4.78, 5) is 16.9. The Kier molecular flexibility index (Phi) is 4.41. The molecular formula is C23H14BrNO4. The summed E-state index contributed by atoms with van der Waals surface area (Å²) in [5.41, 5.74) is 3.09. The van der Waals surface area contributed by atoms with Gasteiger partial charge in [-0.3, -0.25) is 4.99 Å². The van der Waals surface area contributed by atoms with Gasteiger partial charge in [0.25, 0.3) is 0 Å². The molecule has 0 bridgehead atoms. The molecule has 5 nitrogen and oxygen atoms in total. The van der Waals surface area contributed by atoms with E-state index in [-0.39, 0.29) is 12.4 Å². The topological polar surface area (TPSA) is 61.0 Å². The summed E-state index contributed by atoms with van der Waals surface area (Å²) in [7, 11) is 0. The van der Waals surface area contributed by atoms with Crippen LogP contribution in [0, 0.1) is 0 Å². The highest BCUT2D eigenvalue weighted by molar-refractivity contribution is 9.10. The lowest BCUT2D eigenvalue weighted by atomic mass is 10.1. The molecule has 6 heteroatoms. The Morgan fingerprint density at radius 3 is 2.66 bits per heavy atom. The van der Waals surface area contributed by atoms with Crippen molar-refractivity contribution in [2.45, 2.75) is 0 Å². The van der Waals surface area contributed by atoms with Crippen molar-refractivity contribution in [2.75, 3.05) is 6.79 Å². The average molecular weight is 448 g/mol. The minimum atomic E-state index is -0.360. The van der Waals surface area contributed by atoms with Crippen LogP contribution >= 0.6 is 15.9 Å². The number of para-hydroxylation sites is 1. The summed E-state index contributed by atoms with van der Waals surface area (Å²) in [5, 5.41) is 0.884. The maximum Gasteiger partial charge on any atom is 0.344 e. The number of benzene rings is 3. The van der Waals surface area contributed by atoms with E-state index in [4.69, 9.17) is 13.9 Å². The number of aliphatic imine (C=N–C) groups is 1. The van der Waals surface area contributed by atoms with Gasteiger partial charge in [-0.2, -0.15) is 0 Å². The third-order valence-electron chi connectivity index (χ3n) is 4.69. The maximum absolute atomic E-state index is 12.3. The van der Waals surface area contributed by atoms with Crippen LogP contribution < -0.4 is 15.1 Å². The van der Waals surface area contributed by atoms with Crippen molar-refractivity contribution in [3.63, 3.8) is 0 Å². The van der Waals surface area contributed by atoms with E-state index in [9.17, 15) is 4.79 Å². The Morgan fingerprint density at radius 1 is 0.966 bits per heavy atom. The molecule has 29 heavy (non-hydrogen) atoms. The number of ether oxygens (including phenoxy) is 2. The van der Waals surface area contributed by atoms with E-state index >= 15 is 0 Å². The van der Waals surface area contributed by atoms with E-state index in [1.54, 1.807) is 12.3 Å². The second-order valence-corrected chi connectivity index (χ2v) is 7.34. The molecule has 0 amide bonds. The molecule has 5 rings (SSSR count). The fourth-order valence-electron chi connectivity index (χ4n) is 3.22. The van der Waals surface area contributed by atoms with Crippen LogP contribution in [0.3, 0.4) is 0 Å². The van der Waals surface area contributed by atoms with Gasteiger partial charge in [-0.05, 0) is 57.9 Å². The van der Waals surface area contributed by atoms with E-state index in [0.717, 1.165) is 26.7 Å². The van der Waals surface area contributed by atoms with E-state index in [0.29, 0.717) is 22.6 Å². The van der Waals surface area contributed by atoms with Gasteiger partial charge < -0.3 is 13.9 Å². The minimum Gasteiger partial charge on any atom is -0.454 e. The van der Waals surface area contributed by atoms with Gasteiger partial charge in [0.05, 0.1) is 16.8 Å². The summed E-state index contributed by atoms with van der Waals surface area (Å²) >= 11 is 3.52. The predicted molar refractivity (Wildman–Crippen MR) is 115 cm³/mol. The molecule has 2 heterocycles. The molecule has 0 saturated carbocycles. The van der Waals surface area contributed by atoms with Crippen LogP contribution in [0.5, 0.6) is 11.5 Å². The molecule has 1 aliphatic heterocycles. The van der Waals surface area contributed by atoms with Gasteiger partial charge in [0.1, 0.15) is 5.58 Å². The highest BCUT2D eigenvalue weighted by Crippen LogP contribution is 2.38. The van der Waals surface area contributed by atoms with E-state index in [1.165, 1.54) is 0 Å². The van der Waals surface area contributed by atoms with E-state index < -0.39 is 0 Å². The zero-order valence-corrected chi connectivity index (χ0v) is 16.7. The Hall–Kier alpha value is -3.38. The third kappa shape index (κ3) is 3.32. The Morgan fingerprint density at radius 2 is 1.79 bits per heavy atom. The molecule has 0 saturated heterocycles. The normalized spacial score (nSPS) is 12.7. The Balaban J connectivity index is 1.46. The molecule has 0 atom stereocenters. The van der Waals surface area contributed by atoms with Crippen molar-refractivity contribution in [1.82, 2.24) is 0 Å². The lowest BCUT2D eigenvalue weighted by Gasteiger charge is -2.04. The molecule has 1 aromatic heterocycles. The van der Waals surface area contributed by atoms with Gasteiger partial charge in [-0.25, -0.2) is 4.79 Å². The molecule has 1 aliphatic rings. The SMILES string of the molecule is O=c1oc2ccccc2cc1-c1ccc(N=Cc2c(Br)ccc3c2OCO3)cc1. The smallest absolute Gasteiger partial charge is 0.344 e. The van der Waals surface area contributed by atoms with Gasteiger partial charge in [-0.1, -0.05) is 30.3 Å². The van der Waals surface area contributed by atoms with Crippen LogP contribution in [0.1, 0.15) is 5.56 Å². The van der Waals surface area contributed by atoms with E-state index in [1.807, 2.05) is 60.7 Å². The van der Waals surface area contributed by atoms with Crippen LogP contribution in [0.15, 0.2) is 85.4 Å². The molecule has 0 N–H and O–H groups in total. The molecule has 3 aromatic carbocycles. The highest BCUT2D eigenvalue weighted by atomic mass is 79.9. The molecule has 142 valence electrons. The van der Waals surface area contributed by atoms with Crippen LogP contribution in [0.25, 0.3) is 22.1 Å². The highest BCUT2D eigenvalue weighted by Gasteiger charge is 2.18.